The molecule has 2 aromatic carbocycles. The summed E-state index contributed by atoms with van der Waals surface area (Å²) in [5.41, 5.74) is 0.342. The highest BCUT2D eigenvalue weighted by atomic mass is 19.4. The molecule has 2 aromatic rings. The number of alkyl halides is 3. The molecule has 1 heterocycles. The van der Waals surface area contributed by atoms with Crippen LogP contribution in [0.2, 0.25) is 0 Å². The van der Waals surface area contributed by atoms with E-state index >= 15 is 0 Å². The lowest BCUT2D eigenvalue weighted by atomic mass is 10.1. The monoisotopic (exact) mass is 465 g/mol. The molecule has 3 rings (SSSR count). The smallest absolute Gasteiger partial charge is 0.416 e. The van der Waals surface area contributed by atoms with Gasteiger partial charge in [0.2, 0.25) is 0 Å². The fourth-order valence-corrected chi connectivity index (χ4v) is 4.08. The van der Waals surface area contributed by atoms with Crippen LogP contribution < -0.4 is 20.1 Å². The van der Waals surface area contributed by atoms with Gasteiger partial charge in [-0.2, -0.15) is 13.2 Å². The highest BCUT2D eigenvalue weighted by Crippen LogP contribution is 2.31. The molecule has 1 aliphatic rings. The molecule has 1 fully saturated rings. The van der Waals surface area contributed by atoms with Gasteiger partial charge in [0.25, 0.3) is 0 Å². The maximum absolute atomic E-state index is 12.8. The van der Waals surface area contributed by atoms with Crippen LogP contribution >= 0.6 is 0 Å². The zero-order valence-electron chi connectivity index (χ0n) is 19.0. The first-order chi connectivity index (χ1) is 15.7. The molecule has 1 saturated heterocycles. The molecule has 6 nitrogen and oxygen atoms in total. The predicted octanol–water partition coefficient (Wildman–Crippen LogP) is 4.44. The van der Waals surface area contributed by atoms with Crippen LogP contribution in [0, 0.1) is 0 Å². The lowest BCUT2D eigenvalue weighted by molar-refractivity contribution is -0.137. The van der Waals surface area contributed by atoms with Crippen LogP contribution in [0.5, 0.6) is 11.5 Å². The zero-order valence-corrected chi connectivity index (χ0v) is 19.0. The van der Waals surface area contributed by atoms with E-state index in [0.29, 0.717) is 18.8 Å². The molecule has 3 atom stereocenters. The number of urea groups is 1. The molecule has 2 amide bonds. The van der Waals surface area contributed by atoms with Crippen molar-refractivity contribution in [2.45, 2.75) is 51.1 Å². The van der Waals surface area contributed by atoms with Gasteiger partial charge >= 0.3 is 12.2 Å². The van der Waals surface area contributed by atoms with E-state index in [4.69, 9.17) is 9.47 Å². The molecule has 0 aliphatic carbocycles. The molecule has 0 aromatic heterocycles. The second kappa shape index (κ2) is 10.8. The first-order valence-corrected chi connectivity index (χ1v) is 11.0. The Morgan fingerprint density at radius 2 is 1.73 bits per heavy atom. The summed E-state index contributed by atoms with van der Waals surface area (Å²) in [5, 5.41) is 6.36. The summed E-state index contributed by atoms with van der Waals surface area (Å²) in [5.74, 6) is 1.10. The Morgan fingerprint density at radius 3 is 2.30 bits per heavy atom. The van der Waals surface area contributed by atoms with E-state index in [1.807, 2.05) is 38.1 Å². The summed E-state index contributed by atoms with van der Waals surface area (Å²) in [4.78, 5) is 14.5. The Morgan fingerprint density at radius 1 is 1.09 bits per heavy atom. The Kier molecular flexibility index (Phi) is 8.07. The quantitative estimate of drug-likeness (QED) is 0.605. The number of hydrogen-bond acceptors (Lipinski definition) is 4. The number of ether oxygens (including phenoxy) is 2. The molecule has 1 aliphatic heterocycles. The number of nitrogens with zero attached hydrogens (tertiary/aromatic N) is 1. The summed E-state index contributed by atoms with van der Waals surface area (Å²) in [6.45, 7) is 5.09. The first-order valence-electron chi connectivity index (χ1n) is 11.0. The topological polar surface area (TPSA) is 62.8 Å². The van der Waals surface area contributed by atoms with Crippen LogP contribution in [0.3, 0.4) is 0 Å². The Bertz CT molecular complexity index is 904. The standard InChI is InChI=1S/C24H30F3N3O3/c1-4-28-23(31)30-16(2)13-21(29-14-17-5-9-19(32-3)10-6-17)22(30)15-33-20-11-7-18(8-12-20)24(25,26)27/h5-12,16,21-22,29H,4,13-15H2,1-3H3,(H,28,31). The van der Waals surface area contributed by atoms with Crippen LogP contribution in [0.4, 0.5) is 18.0 Å². The van der Waals surface area contributed by atoms with Crippen molar-refractivity contribution >= 4 is 6.03 Å². The molecule has 180 valence electrons. The molecule has 2 N–H and O–H groups in total. The molecule has 0 spiro atoms. The largest absolute Gasteiger partial charge is 0.497 e. The Balaban J connectivity index is 1.70. The number of carbonyl (C=O) groups is 1. The van der Waals surface area contributed by atoms with Gasteiger partial charge in [0.1, 0.15) is 18.1 Å². The van der Waals surface area contributed by atoms with Crippen molar-refractivity contribution in [2.24, 2.45) is 0 Å². The lowest BCUT2D eigenvalue weighted by Gasteiger charge is -2.30. The van der Waals surface area contributed by atoms with E-state index in [2.05, 4.69) is 10.6 Å². The van der Waals surface area contributed by atoms with Gasteiger partial charge in [-0.05, 0) is 62.2 Å². The molecule has 9 heteroatoms. The van der Waals surface area contributed by atoms with Crippen molar-refractivity contribution in [1.82, 2.24) is 15.5 Å². The van der Waals surface area contributed by atoms with Crippen molar-refractivity contribution in [3.8, 4) is 11.5 Å². The average molecular weight is 466 g/mol. The van der Waals surface area contributed by atoms with Crippen LogP contribution in [-0.4, -0.2) is 49.3 Å². The minimum Gasteiger partial charge on any atom is -0.497 e. The van der Waals surface area contributed by atoms with Crippen LogP contribution in [-0.2, 0) is 12.7 Å². The maximum atomic E-state index is 12.8. The predicted molar refractivity (Wildman–Crippen MR) is 119 cm³/mol. The summed E-state index contributed by atoms with van der Waals surface area (Å²) >= 11 is 0. The van der Waals surface area contributed by atoms with Crippen molar-refractivity contribution in [3.05, 3.63) is 59.7 Å². The third-order valence-corrected chi connectivity index (χ3v) is 5.78. The van der Waals surface area contributed by atoms with E-state index in [0.717, 1.165) is 29.9 Å². The molecule has 0 bridgehead atoms. The van der Waals surface area contributed by atoms with Gasteiger partial charge in [0.15, 0.2) is 0 Å². The number of hydrogen-bond donors (Lipinski definition) is 2. The number of methoxy groups -OCH3 is 1. The first kappa shape index (κ1) is 24.7. The van der Waals surface area contributed by atoms with Crippen molar-refractivity contribution in [3.63, 3.8) is 0 Å². The fourth-order valence-electron chi connectivity index (χ4n) is 4.08. The minimum atomic E-state index is -4.40. The molecule has 0 saturated carbocycles. The fraction of sp³-hybridized carbons (Fsp3) is 0.458. The highest BCUT2D eigenvalue weighted by molar-refractivity contribution is 5.75. The van der Waals surface area contributed by atoms with Gasteiger partial charge in [0, 0.05) is 25.2 Å². The average Bonchev–Trinajstić information content (AvgIpc) is 3.11. The Hall–Kier alpha value is -2.94. The highest BCUT2D eigenvalue weighted by Gasteiger charge is 2.42. The number of benzene rings is 2. The molecule has 0 radical (unpaired) electrons. The third kappa shape index (κ3) is 6.31. The van der Waals surface area contributed by atoms with Crippen LogP contribution in [0.1, 0.15) is 31.4 Å². The number of carbonyl (C=O) groups excluding carboxylic acids is 1. The summed E-state index contributed by atoms with van der Waals surface area (Å²) < 4.78 is 49.5. The van der Waals surface area contributed by atoms with E-state index in [-0.39, 0.29) is 30.8 Å². The third-order valence-electron chi connectivity index (χ3n) is 5.78. The van der Waals surface area contributed by atoms with Crippen molar-refractivity contribution < 1.29 is 27.4 Å². The van der Waals surface area contributed by atoms with E-state index in [1.165, 1.54) is 12.1 Å². The normalized spacial score (nSPS) is 20.5. The number of rotatable bonds is 8. The summed E-state index contributed by atoms with van der Waals surface area (Å²) in [7, 11) is 1.62. The summed E-state index contributed by atoms with van der Waals surface area (Å²) in [6.07, 6.45) is -3.67. The lowest BCUT2D eigenvalue weighted by Crippen LogP contribution is -2.52. The van der Waals surface area contributed by atoms with Gasteiger partial charge in [-0.3, -0.25) is 0 Å². The van der Waals surface area contributed by atoms with Gasteiger partial charge in [-0.1, -0.05) is 12.1 Å². The van der Waals surface area contributed by atoms with Gasteiger partial charge < -0.3 is 25.0 Å². The second-order valence-electron chi connectivity index (χ2n) is 8.06. The molecule has 33 heavy (non-hydrogen) atoms. The molecular weight excluding hydrogens is 435 g/mol. The van der Waals surface area contributed by atoms with E-state index < -0.39 is 11.7 Å². The van der Waals surface area contributed by atoms with Gasteiger partial charge in [-0.25, -0.2) is 4.79 Å². The maximum Gasteiger partial charge on any atom is 0.416 e. The number of halogens is 3. The number of likely N-dealkylation sites (tertiary alicyclic amines) is 1. The van der Waals surface area contributed by atoms with Crippen molar-refractivity contribution in [1.29, 1.82) is 0 Å². The second-order valence-corrected chi connectivity index (χ2v) is 8.06. The van der Waals surface area contributed by atoms with Crippen molar-refractivity contribution in [2.75, 3.05) is 20.3 Å². The zero-order chi connectivity index (χ0) is 24.0. The van der Waals surface area contributed by atoms with E-state index in [1.54, 1.807) is 12.0 Å². The number of amides is 2. The van der Waals surface area contributed by atoms with E-state index in [9.17, 15) is 18.0 Å². The minimum absolute atomic E-state index is 0.0221. The Labute approximate surface area is 192 Å². The SMILES string of the molecule is CCNC(=O)N1C(C)CC(NCc2ccc(OC)cc2)C1COc1ccc(C(F)(F)F)cc1. The molecular formula is C24H30F3N3O3. The summed E-state index contributed by atoms with van der Waals surface area (Å²) in [6, 6.07) is 11.8. The molecule has 3 unspecified atom stereocenters. The van der Waals surface area contributed by atoms with Crippen LogP contribution in [0.25, 0.3) is 0 Å². The van der Waals surface area contributed by atoms with Gasteiger partial charge in [0.05, 0.1) is 18.7 Å². The number of nitrogens with one attached hydrogen (secondary N) is 2. The van der Waals surface area contributed by atoms with Gasteiger partial charge in [-0.15, -0.1) is 0 Å². The van der Waals surface area contributed by atoms with Crippen LogP contribution in [0.15, 0.2) is 48.5 Å².